The lowest BCUT2D eigenvalue weighted by Gasteiger charge is -2.56. The number of likely N-dealkylation sites (tertiary alicyclic amines) is 1. The highest BCUT2D eigenvalue weighted by Crippen LogP contribution is 2.50. The third kappa shape index (κ3) is 4.35. The van der Waals surface area contributed by atoms with Crippen LogP contribution in [0.15, 0.2) is 54.6 Å². The van der Waals surface area contributed by atoms with Gasteiger partial charge in [-0.1, -0.05) is 0 Å². The van der Waals surface area contributed by atoms with Crippen molar-refractivity contribution in [1.82, 2.24) is 14.4 Å². The molecule has 1 saturated heterocycles. The van der Waals surface area contributed by atoms with Crippen molar-refractivity contribution in [2.75, 3.05) is 54.4 Å². The predicted octanol–water partition coefficient (Wildman–Crippen LogP) is 3.88. The molecule has 0 saturated carbocycles. The average molecular weight is 586 g/mol. The van der Waals surface area contributed by atoms with Gasteiger partial charge in [-0.05, 0) is 53.6 Å². The summed E-state index contributed by atoms with van der Waals surface area (Å²) in [6, 6.07) is 17.1. The van der Waals surface area contributed by atoms with Crippen LogP contribution in [0, 0.1) is 0 Å². The molecule has 3 aliphatic rings. The molecule has 43 heavy (non-hydrogen) atoms. The van der Waals surface area contributed by atoms with Gasteiger partial charge in [-0.2, -0.15) is 0 Å². The van der Waals surface area contributed by atoms with Gasteiger partial charge in [0.05, 0.1) is 39.5 Å². The third-order valence-electron chi connectivity index (χ3n) is 9.11. The minimum atomic E-state index is -0.329. The number of hydrogen-bond acceptors (Lipinski definition) is 8. The highest BCUT2D eigenvalue weighted by molar-refractivity contribution is 5.96. The van der Waals surface area contributed by atoms with Gasteiger partial charge < -0.3 is 38.3 Å². The molecule has 4 aromatic rings. The van der Waals surface area contributed by atoms with E-state index < -0.39 is 0 Å². The number of aliphatic hydroxyl groups is 1. The fourth-order valence-corrected chi connectivity index (χ4v) is 7.12. The Morgan fingerprint density at radius 3 is 2.33 bits per heavy atom. The molecule has 224 valence electrons. The first-order valence-corrected chi connectivity index (χ1v) is 14.3. The number of aromatic nitrogens is 1. The Bertz CT molecular complexity index is 1700. The van der Waals surface area contributed by atoms with Crippen LogP contribution in [0.5, 0.6) is 28.7 Å². The Hall–Kier alpha value is -4.41. The summed E-state index contributed by atoms with van der Waals surface area (Å²) in [7, 11) is 6.99. The van der Waals surface area contributed by atoms with E-state index in [0.717, 1.165) is 27.9 Å². The second kappa shape index (κ2) is 10.4. The van der Waals surface area contributed by atoms with Crippen LogP contribution in [0.1, 0.15) is 33.2 Å². The van der Waals surface area contributed by atoms with Crippen molar-refractivity contribution < 1.29 is 33.6 Å². The van der Waals surface area contributed by atoms with Crippen molar-refractivity contribution in [3.05, 3.63) is 77.0 Å². The summed E-state index contributed by atoms with van der Waals surface area (Å²) in [5.41, 5.74) is 4.55. The average Bonchev–Trinajstić information content (AvgIpc) is 3.61. The molecular weight excluding hydrogens is 550 g/mol. The molecule has 10 nitrogen and oxygen atoms in total. The van der Waals surface area contributed by atoms with Gasteiger partial charge >= 0.3 is 0 Å². The molecule has 1 atom stereocenters. The summed E-state index contributed by atoms with van der Waals surface area (Å²) in [4.78, 5) is 17.9. The molecule has 10 heteroatoms. The van der Waals surface area contributed by atoms with Gasteiger partial charge in [0.25, 0.3) is 5.91 Å². The Balaban J connectivity index is 1.29. The molecule has 3 aromatic carbocycles. The number of aryl methyl sites for hydroxylation is 1. The SMILES string of the molecule is COc1cc(CN2CC3(CN(C(=O)c4ccc5c(c4)OCO5)C3)c3c(n(C)c4cc(OC)ccc34)[C@H]2CO)cc(OC)c1. The molecule has 1 N–H and O–H groups in total. The summed E-state index contributed by atoms with van der Waals surface area (Å²) in [5, 5.41) is 12.0. The summed E-state index contributed by atoms with van der Waals surface area (Å²) in [6.45, 7) is 2.45. The Morgan fingerprint density at radius 2 is 1.63 bits per heavy atom. The molecular formula is C33H35N3O7. The summed E-state index contributed by atoms with van der Waals surface area (Å²) >= 11 is 0. The van der Waals surface area contributed by atoms with Crippen LogP contribution in [0.3, 0.4) is 0 Å². The number of ether oxygens (including phenoxy) is 5. The van der Waals surface area contributed by atoms with Gasteiger partial charge in [0.15, 0.2) is 11.5 Å². The van der Waals surface area contributed by atoms with Crippen molar-refractivity contribution in [2.45, 2.75) is 18.0 Å². The van der Waals surface area contributed by atoms with E-state index in [1.165, 1.54) is 5.56 Å². The molecule has 0 bridgehead atoms. The maximum atomic E-state index is 13.7. The van der Waals surface area contributed by atoms with Crippen molar-refractivity contribution in [1.29, 1.82) is 0 Å². The number of amides is 1. The Kier molecular flexibility index (Phi) is 6.63. The number of nitrogens with zero attached hydrogens (tertiary/aromatic N) is 3. The van der Waals surface area contributed by atoms with E-state index in [0.29, 0.717) is 54.7 Å². The van der Waals surface area contributed by atoms with Crippen molar-refractivity contribution in [3.8, 4) is 28.7 Å². The second-order valence-electron chi connectivity index (χ2n) is 11.5. The van der Waals surface area contributed by atoms with Crippen LogP contribution in [0.25, 0.3) is 10.9 Å². The van der Waals surface area contributed by atoms with Gasteiger partial charge in [-0.15, -0.1) is 0 Å². The largest absolute Gasteiger partial charge is 0.497 e. The number of carbonyl (C=O) groups is 1. The normalized spacial score (nSPS) is 18.4. The standard InChI is InChI=1S/C33H35N3O7/c1-34-26-13-22(39-2)6-7-25(26)30-31(34)27(15-37)35(14-20-9-23(40-3)12-24(10-20)41-4)16-33(30)17-36(18-33)32(38)21-5-8-28-29(11-21)43-19-42-28/h5-13,27,37H,14-19H2,1-4H3/t27-/m1/s1. The van der Waals surface area contributed by atoms with Gasteiger partial charge in [-0.25, -0.2) is 0 Å². The number of fused-ring (bicyclic) bond motifs is 5. The lowest BCUT2D eigenvalue weighted by molar-refractivity contribution is -0.00373. The molecule has 0 radical (unpaired) electrons. The number of rotatable bonds is 7. The highest BCUT2D eigenvalue weighted by Gasteiger charge is 2.54. The topological polar surface area (TPSA) is 94.9 Å². The van der Waals surface area contributed by atoms with Crippen LogP contribution in [-0.4, -0.2) is 79.7 Å². The van der Waals surface area contributed by atoms with E-state index in [2.05, 4.69) is 15.5 Å². The van der Waals surface area contributed by atoms with E-state index in [1.54, 1.807) is 39.5 Å². The summed E-state index contributed by atoms with van der Waals surface area (Å²) in [5.74, 6) is 3.40. The molecule has 1 spiro atoms. The maximum absolute atomic E-state index is 13.7. The minimum Gasteiger partial charge on any atom is -0.497 e. The van der Waals surface area contributed by atoms with Gasteiger partial charge in [0, 0.05) is 67.4 Å². The molecule has 3 aliphatic heterocycles. The fourth-order valence-electron chi connectivity index (χ4n) is 7.12. The van der Waals surface area contributed by atoms with E-state index in [-0.39, 0.29) is 30.8 Å². The van der Waals surface area contributed by atoms with E-state index in [4.69, 9.17) is 23.7 Å². The maximum Gasteiger partial charge on any atom is 0.254 e. The van der Waals surface area contributed by atoms with Crippen LogP contribution < -0.4 is 23.7 Å². The first-order valence-electron chi connectivity index (χ1n) is 14.3. The first kappa shape index (κ1) is 27.4. The van der Waals surface area contributed by atoms with Crippen molar-refractivity contribution in [2.24, 2.45) is 7.05 Å². The minimum absolute atomic E-state index is 0.0410. The summed E-state index contributed by atoms with van der Waals surface area (Å²) < 4.78 is 29.8. The molecule has 7 rings (SSSR count). The highest BCUT2D eigenvalue weighted by atomic mass is 16.7. The number of benzene rings is 3. The zero-order valence-corrected chi connectivity index (χ0v) is 24.8. The fraction of sp³-hybridized carbons (Fsp3) is 0.364. The molecule has 1 aromatic heterocycles. The second-order valence-corrected chi connectivity index (χ2v) is 11.5. The number of methoxy groups -OCH3 is 3. The van der Waals surface area contributed by atoms with Gasteiger partial charge in [0.1, 0.15) is 17.2 Å². The van der Waals surface area contributed by atoms with Crippen molar-refractivity contribution in [3.63, 3.8) is 0 Å². The lowest BCUT2D eigenvalue weighted by atomic mass is 9.68. The number of aliphatic hydroxyl groups excluding tert-OH is 1. The molecule has 0 unspecified atom stereocenters. The predicted molar refractivity (Wildman–Crippen MR) is 159 cm³/mol. The zero-order valence-electron chi connectivity index (χ0n) is 24.8. The monoisotopic (exact) mass is 585 g/mol. The van der Waals surface area contributed by atoms with Crippen LogP contribution in [-0.2, 0) is 19.0 Å². The number of carbonyl (C=O) groups excluding carboxylic acids is 1. The van der Waals surface area contributed by atoms with Crippen molar-refractivity contribution >= 4 is 16.8 Å². The van der Waals surface area contributed by atoms with E-state index in [9.17, 15) is 9.90 Å². The van der Waals surface area contributed by atoms with Crippen LogP contribution in [0.2, 0.25) is 0 Å². The third-order valence-corrected chi connectivity index (χ3v) is 9.11. The van der Waals surface area contributed by atoms with Crippen LogP contribution in [0.4, 0.5) is 0 Å². The molecule has 1 fully saturated rings. The summed E-state index contributed by atoms with van der Waals surface area (Å²) in [6.07, 6.45) is 0. The van der Waals surface area contributed by atoms with Crippen LogP contribution >= 0.6 is 0 Å². The molecule has 4 heterocycles. The molecule has 0 aliphatic carbocycles. The van der Waals surface area contributed by atoms with Gasteiger partial charge in [-0.3, -0.25) is 9.69 Å². The zero-order chi connectivity index (χ0) is 29.9. The smallest absolute Gasteiger partial charge is 0.254 e. The lowest BCUT2D eigenvalue weighted by Crippen LogP contribution is -2.67. The Morgan fingerprint density at radius 1 is 0.907 bits per heavy atom. The molecule has 1 amide bonds. The Labute approximate surface area is 249 Å². The van der Waals surface area contributed by atoms with E-state index in [1.807, 2.05) is 42.3 Å². The first-order chi connectivity index (χ1) is 20.9. The van der Waals surface area contributed by atoms with Gasteiger partial charge in [0.2, 0.25) is 6.79 Å². The number of hydrogen-bond donors (Lipinski definition) is 1. The quantitative estimate of drug-likeness (QED) is 0.349. The van der Waals surface area contributed by atoms with E-state index >= 15 is 0 Å².